The highest BCUT2D eigenvalue weighted by Gasteiger charge is 2.20. The molecule has 0 fully saturated rings. The largest absolute Gasteiger partial charge is 0.481 e. The molecule has 0 unspecified atom stereocenters. The maximum atomic E-state index is 12.5. The van der Waals surface area contributed by atoms with Crippen molar-refractivity contribution < 1.29 is 9.53 Å². The van der Waals surface area contributed by atoms with E-state index < -0.39 is 6.10 Å². The average Bonchev–Trinajstić information content (AvgIpc) is 2.51. The Kier molecular flexibility index (Phi) is 6.36. The topological polar surface area (TPSA) is 38.3 Å². The van der Waals surface area contributed by atoms with Gasteiger partial charge in [0.2, 0.25) is 0 Å². The van der Waals surface area contributed by atoms with Crippen LogP contribution >= 0.6 is 23.2 Å². The maximum absolute atomic E-state index is 12.5. The first-order chi connectivity index (χ1) is 11.7. The zero-order chi connectivity index (χ0) is 18.6. The third-order valence-corrected chi connectivity index (χ3v) is 4.23. The van der Waals surface area contributed by atoms with Crippen molar-refractivity contribution in [2.75, 3.05) is 5.32 Å². The number of benzene rings is 2. The monoisotopic (exact) mass is 379 g/mol. The molecule has 1 atom stereocenters. The highest BCUT2D eigenvalue weighted by Crippen LogP contribution is 2.26. The van der Waals surface area contributed by atoms with E-state index in [4.69, 9.17) is 27.9 Å². The number of ether oxygens (including phenoxy) is 1. The van der Waals surface area contributed by atoms with E-state index in [0.29, 0.717) is 27.9 Å². The first-order valence-electron chi connectivity index (χ1n) is 8.23. The third-order valence-electron chi connectivity index (χ3n) is 3.79. The van der Waals surface area contributed by atoms with Crippen LogP contribution in [0.3, 0.4) is 0 Å². The van der Waals surface area contributed by atoms with Gasteiger partial charge in [0.1, 0.15) is 5.75 Å². The van der Waals surface area contributed by atoms with Gasteiger partial charge in [-0.1, -0.05) is 63.0 Å². The summed E-state index contributed by atoms with van der Waals surface area (Å²) in [5, 5.41) is 3.73. The number of halogens is 2. The lowest BCUT2D eigenvalue weighted by atomic mass is 9.87. The van der Waals surface area contributed by atoms with Crippen LogP contribution in [-0.4, -0.2) is 12.0 Å². The van der Waals surface area contributed by atoms with E-state index >= 15 is 0 Å². The molecule has 0 aliphatic rings. The number of hydrogen-bond acceptors (Lipinski definition) is 2. The average molecular weight is 380 g/mol. The Hall–Kier alpha value is -1.71. The molecule has 0 saturated heterocycles. The van der Waals surface area contributed by atoms with Crippen LogP contribution < -0.4 is 10.1 Å². The molecule has 0 radical (unpaired) electrons. The Morgan fingerprint density at radius 2 is 1.64 bits per heavy atom. The Bertz CT molecular complexity index is 716. The molecule has 1 N–H and O–H groups in total. The van der Waals surface area contributed by atoms with Gasteiger partial charge in [-0.3, -0.25) is 4.79 Å². The smallest absolute Gasteiger partial charge is 0.265 e. The maximum Gasteiger partial charge on any atom is 0.265 e. The van der Waals surface area contributed by atoms with Crippen LogP contribution in [0.5, 0.6) is 5.75 Å². The summed E-state index contributed by atoms with van der Waals surface area (Å²) in [5.74, 6) is 0.430. The van der Waals surface area contributed by atoms with E-state index in [-0.39, 0.29) is 11.3 Å². The highest BCUT2D eigenvalue weighted by atomic mass is 35.5. The van der Waals surface area contributed by atoms with Gasteiger partial charge in [0.25, 0.3) is 5.91 Å². The lowest BCUT2D eigenvalue weighted by Crippen LogP contribution is -2.32. The number of carbonyl (C=O) groups is 1. The van der Waals surface area contributed by atoms with Crippen molar-refractivity contribution in [2.45, 2.75) is 45.6 Å². The van der Waals surface area contributed by atoms with Gasteiger partial charge in [-0.2, -0.15) is 0 Å². The first-order valence-corrected chi connectivity index (χ1v) is 8.99. The second-order valence-corrected chi connectivity index (χ2v) is 7.81. The number of anilines is 1. The summed E-state index contributed by atoms with van der Waals surface area (Å²) in [6, 6.07) is 12.8. The minimum Gasteiger partial charge on any atom is -0.481 e. The molecule has 2 aromatic carbocycles. The number of nitrogens with one attached hydrogen (secondary N) is 1. The molecule has 2 rings (SSSR count). The fourth-order valence-corrected chi connectivity index (χ4v) is 2.89. The lowest BCUT2D eigenvalue weighted by molar-refractivity contribution is -0.122. The molecule has 0 aromatic heterocycles. The number of amides is 1. The summed E-state index contributed by atoms with van der Waals surface area (Å²) in [6.07, 6.45) is -0.0560. The normalized spacial score (nSPS) is 12.6. The van der Waals surface area contributed by atoms with Crippen molar-refractivity contribution in [2.24, 2.45) is 0 Å². The summed E-state index contributed by atoms with van der Waals surface area (Å²) >= 11 is 11.9. The fourth-order valence-electron chi connectivity index (χ4n) is 2.37. The number of rotatable bonds is 5. The Morgan fingerprint density at radius 1 is 1.08 bits per heavy atom. The summed E-state index contributed by atoms with van der Waals surface area (Å²) in [6.45, 7) is 8.36. The summed E-state index contributed by atoms with van der Waals surface area (Å²) in [5.41, 5.74) is 1.84. The van der Waals surface area contributed by atoms with Gasteiger partial charge in [-0.05, 0) is 47.7 Å². The van der Waals surface area contributed by atoms with Crippen LogP contribution in [-0.2, 0) is 10.2 Å². The van der Waals surface area contributed by atoms with E-state index in [1.165, 1.54) is 5.56 Å². The number of hydrogen-bond donors (Lipinski definition) is 1. The fraction of sp³-hybridized carbons (Fsp3) is 0.350. The van der Waals surface area contributed by atoms with E-state index in [9.17, 15) is 4.79 Å². The Balaban J connectivity index is 2.07. The molecular formula is C20H23Cl2NO2. The quantitative estimate of drug-likeness (QED) is 0.682. The molecule has 134 valence electrons. The first kappa shape index (κ1) is 19.6. The molecule has 2 aromatic rings. The van der Waals surface area contributed by atoms with Gasteiger partial charge in [-0.25, -0.2) is 0 Å². The predicted molar refractivity (Wildman–Crippen MR) is 105 cm³/mol. The summed E-state index contributed by atoms with van der Waals surface area (Å²) in [4.78, 5) is 12.5. The van der Waals surface area contributed by atoms with E-state index in [2.05, 4.69) is 26.1 Å². The molecule has 0 saturated carbocycles. The molecule has 3 nitrogen and oxygen atoms in total. The van der Waals surface area contributed by atoms with Crippen molar-refractivity contribution in [3.05, 3.63) is 58.1 Å². The van der Waals surface area contributed by atoms with Gasteiger partial charge in [-0.15, -0.1) is 0 Å². The molecule has 1 amide bonds. The second kappa shape index (κ2) is 8.11. The molecule has 0 spiro atoms. The van der Waals surface area contributed by atoms with Crippen LogP contribution in [0.1, 0.15) is 39.7 Å². The Labute approximate surface area is 159 Å². The molecule has 0 aliphatic carbocycles. The molecule has 5 heteroatoms. The SMILES string of the molecule is CC[C@H](Oc1ccc(C(C)(C)C)cc1)C(=O)Nc1cc(Cl)cc(Cl)c1. The number of carbonyl (C=O) groups excluding carboxylic acids is 1. The summed E-state index contributed by atoms with van der Waals surface area (Å²) < 4.78 is 5.85. The standard InChI is InChI=1S/C20H23Cl2NO2/c1-5-18(19(24)23-16-11-14(21)10-15(22)12-16)25-17-8-6-13(7-9-17)20(2,3)4/h6-12,18H,5H2,1-4H3,(H,23,24)/t18-/m0/s1. The van der Waals surface area contributed by atoms with Crippen LogP contribution in [0.2, 0.25) is 10.0 Å². The molecule has 0 bridgehead atoms. The molecule has 25 heavy (non-hydrogen) atoms. The van der Waals surface area contributed by atoms with Gasteiger partial charge >= 0.3 is 0 Å². The molecule has 0 aliphatic heterocycles. The van der Waals surface area contributed by atoms with Crippen LogP contribution in [0.25, 0.3) is 0 Å². The van der Waals surface area contributed by atoms with Crippen LogP contribution in [0.15, 0.2) is 42.5 Å². The minimum atomic E-state index is -0.599. The van der Waals surface area contributed by atoms with Crippen molar-refractivity contribution >= 4 is 34.8 Å². The minimum absolute atomic E-state index is 0.0753. The van der Waals surface area contributed by atoms with Crippen molar-refractivity contribution in [3.8, 4) is 5.75 Å². The van der Waals surface area contributed by atoms with Gasteiger partial charge in [0.15, 0.2) is 6.10 Å². The van der Waals surface area contributed by atoms with Gasteiger partial charge < -0.3 is 10.1 Å². The summed E-state index contributed by atoms with van der Waals surface area (Å²) in [7, 11) is 0. The molecular weight excluding hydrogens is 357 g/mol. The van der Waals surface area contributed by atoms with Crippen molar-refractivity contribution in [1.82, 2.24) is 0 Å². The zero-order valence-electron chi connectivity index (χ0n) is 14.9. The van der Waals surface area contributed by atoms with E-state index in [1.54, 1.807) is 18.2 Å². The second-order valence-electron chi connectivity index (χ2n) is 6.94. The van der Waals surface area contributed by atoms with Gasteiger partial charge in [0.05, 0.1) is 0 Å². The Morgan fingerprint density at radius 3 is 2.12 bits per heavy atom. The highest BCUT2D eigenvalue weighted by molar-refractivity contribution is 6.35. The lowest BCUT2D eigenvalue weighted by Gasteiger charge is -2.21. The molecule has 0 heterocycles. The van der Waals surface area contributed by atoms with E-state index in [1.807, 2.05) is 31.2 Å². The third kappa shape index (κ3) is 5.65. The van der Waals surface area contributed by atoms with Gasteiger partial charge in [0, 0.05) is 15.7 Å². The zero-order valence-corrected chi connectivity index (χ0v) is 16.4. The van der Waals surface area contributed by atoms with Crippen molar-refractivity contribution in [3.63, 3.8) is 0 Å². The van der Waals surface area contributed by atoms with Crippen LogP contribution in [0.4, 0.5) is 5.69 Å². The van der Waals surface area contributed by atoms with Crippen LogP contribution in [0, 0.1) is 0 Å². The van der Waals surface area contributed by atoms with E-state index in [0.717, 1.165) is 0 Å². The predicted octanol–water partition coefficient (Wildman–Crippen LogP) is 6.09. The van der Waals surface area contributed by atoms with Crippen molar-refractivity contribution in [1.29, 1.82) is 0 Å².